The number of guanidine groups is 1. The Hall–Kier alpha value is -2.84. The van der Waals surface area contributed by atoms with Gasteiger partial charge < -0.3 is 34.5 Å². The number of alkyl carbamates (subject to hydrolysis) is 1. The van der Waals surface area contributed by atoms with Crippen molar-refractivity contribution in [3.05, 3.63) is 17.7 Å². The van der Waals surface area contributed by atoms with Gasteiger partial charge in [-0.1, -0.05) is 0 Å². The van der Waals surface area contributed by atoms with E-state index in [0.29, 0.717) is 30.3 Å². The molecule has 31 heavy (non-hydrogen) atoms. The van der Waals surface area contributed by atoms with Crippen molar-refractivity contribution < 1.29 is 23.7 Å². The quantitative estimate of drug-likeness (QED) is 0.501. The van der Waals surface area contributed by atoms with E-state index in [0.717, 1.165) is 31.0 Å². The second-order valence-corrected chi connectivity index (χ2v) is 8.24. The Labute approximate surface area is 185 Å². The molecule has 0 aliphatic carbocycles. The molecule has 1 fully saturated rings. The van der Waals surface area contributed by atoms with Crippen molar-refractivity contribution in [1.82, 2.24) is 15.5 Å². The van der Waals surface area contributed by atoms with Crippen molar-refractivity contribution >= 4 is 12.1 Å². The number of aliphatic imine (C=N–C) groups is 1. The van der Waals surface area contributed by atoms with E-state index in [4.69, 9.17) is 23.9 Å². The lowest BCUT2D eigenvalue weighted by Gasteiger charge is -2.23. The highest BCUT2D eigenvalue weighted by Crippen LogP contribution is 2.40. The van der Waals surface area contributed by atoms with Gasteiger partial charge >= 0.3 is 6.09 Å². The number of ether oxygens (including phenoxy) is 4. The van der Waals surface area contributed by atoms with Crippen LogP contribution < -0.4 is 24.8 Å². The summed E-state index contributed by atoms with van der Waals surface area (Å²) in [6, 6.07) is 3.77. The number of methoxy groups -OCH3 is 3. The summed E-state index contributed by atoms with van der Waals surface area (Å²) in [6.07, 6.45) is 0.430. The van der Waals surface area contributed by atoms with Crippen LogP contribution in [0.1, 0.15) is 39.7 Å². The van der Waals surface area contributed by atoms with Gasteiger partial charge in [-0.05, 0) is 46.2 Å². The van der Waals surface area contributed by atoms with Crippen molar-refractivity contribution in [1.29, 1.82) is 0 Å². The molecule has 0 bridgehead atoms. The molecule has 0 aromatic heterocycles. The first-order valence-electron chi connectivity index (χ1n) is 10.5. The Morgan fingerprint density at radius 3 is 2.45 bits per heavy atom. The molecule has 0 spiro atoms. The molecule has 1 aliphatic rings. The second-order valence-electron chi connectivity index (χ2n) is 8.24. The summed E-state index contributed by atoms with van der Waals surface area (Å²) in [6.45, 7) is 10.2. The summed E-state index contributed by atoms with van der Waals surface area (Å²) in [7, 11) is 4.77. The van der Waals surface area contributed by atoms with Crippen LogP contribution in [0.2, 0.25) is 0 Å². The van der Waals surface area contributed by atoms with E-state index in [-0.39, 0.29) is 6.04 Å². The molecule has 1 aliphatic heterocycles. The van der Waals surface area contributed by atoms with Gasteiger partial charge in [-0.15, -0.1) is 0 Å². The van der Waals surface area contributed by atoms with Gasteiger partial charge in [0.2, 0.25) is 5.75 Å². The number of nitrogens with one attached hydrogen (secondary N) is 2. The van der Waals surface area contributed by atoms with E-state index >= 15 is 0 Å². The van der Waals surface area contributed by atoms with Gasteiger partial charge in [-0.2, -0.15) is 0 Å². The lowest BCUT2D eigenvalue weighted by Crippen LogP contribution is -2.44. The number of carbonyl (C=O) groups is 1. The highest BCUT2D eigenvalue weighted by atomic mass is 16.6. The van der Waals surface area contributed by atoms with Crippen LogP contribution in [0.5, 0.6) is 17.2 Å². The Morgan fingerprint density at radius 2 is 1.87 bits per heavy atom. The van der Waals surface area contributed by atoms with E-state index in [1.165, 1.54) is 0 Å². The van der Waals surface area contributed by atoms with Gasteiger partial charge in [0.15, 0.2) is 17.5 Å². The number of hydrogen-bond acceptors (Lipinski definition) is 6. The molecule has 9 nitrogen and oxygen atoms in total. The van der Waals surface area contributed by atoms with Crippen molar-refractivity contribution in [3.63, 3.8) is 0 Å². The van der Waals surface area contributed by atoms with Crippen LogP contribution in [0.15, 0.2) is 17.1 Å². The predicted molar refractivity (Wildman–Crippen MR) is 120 cm³/mol. The molecule has 1 amide bonds. The molecule has 174 valence electrons. The summed E-state index contributed by atoms with van der Waals surface area (Å²) in [5.74, 6) is 2.54. The van der Waals surface area contributed by atoms with E-state index in [1.54, 1.807) is 21.3 Å². The highest BCUT2D eigenvalue weighted by Gasteiger charge is 2.28. The molecule has 1 atom stereocenters. The molecule has 1 aromatic rings. The Bertz CT molecular complexity index is 776. The van der Waals surface area contributed by atoms with Crippen molar-refractivity contribution in [2.24, 2.45) is 4.99 Å². The third-order valence-electron chi connectivity index (χ3n) is 4.73. The van der Waals surface area contributed by atoms with Crippen LogP contribution in [0, 0.1) is 0 Å². The molecule has 0 saturated carbocycles. The van der Waals surface area contributed by atoms with E-state index < -0.39 is 11.7 Å². The maximum atomic E-state index is 12.1. The zero-order valence-electron chi connectivity index (χ0n) is 19.7. The molecule has 1 heterocycles. The molecule has 1 saturated heterocycles. The molecule has 2 rings (SSSR count). The van der Waals surface area contributed by atoms with Crippen LogP contribution in [0.4, 0.5) is 4.79 Å². The van der Waals surface area contributed by atoms with Gasteiger partial charge in [-0.25, -0.2) is 9.79 Å². The Balaban J connectivity index is 2.10. The Kier molecular flexibility index (Phi) is 8.65. The standard InChI is InChI=1S/C22H36N4O5/c1-8-23-20(26-12-11-16(14-26)25-21(27)31-22(2,3)4)24-13-15-9-10-17(28-5)19(30-7)18(15)29-6/h9-10,16H,8,11-14H2,1-7H3,(H,23,24)(H,25,27). The number of hydrogen-bond donors (Lipinski definition) is 2. The van der Waals surface area contributed by atoms with Gasteiger partial charge in [0, 0.05) is 25.2 Å². The van der Waals surface area contributed by atoms with Crippen LogP contribution in [0.25, 0.3) is 0 Å². The average molecular weight is 437 g/mol. The number of benzene rings is 1. The lowest BCUT2D eigenvalue weighted by molar-refractivity contribution is 0.0507. The molecular formula is C22H36N4O5. The van der Waals surface area contributed by atoms with Gasteiger partial charge in [0.25, 0.3) is 0 Å². The van der Waals surface area contributed by atoms with Gasteiger partial charge in [0.05, 0.1) is 33.9 Å². The third-order valence-corrected chi connectivity index (χ3v) is 4.73. The summed E-state index contributed by atoms with van der Waals surface area (Å²) in [5.41, 5.74) is 0.371. The molecule has 9 heteroatoms. The van der Waals surface area contributed by atoms with E-state index in [1.807, 2.05) is 39.8 Å². The third kappa shape index (κ3) is 6.83. The van der Waals surface area contributed by atoms with Crippen LogP contribution >= 0.6 is 0 Å². The SMILES string of the molecule is CCNC(=NCc1ccc(OC)c(OC)c1OC)N1CCC(NC(=O)OC(C)(C)C)C1. The maximum absolute atomic E-state index is 12.1. The maximum Gasteiger partial charge on any atom is 0.407 e. The highest BCUT2D eigenvalue weighted by molar-refractivity contribution is 5.80. The van der Waals surface area contributed by atoms with Crippen molar-refractivity contribution in [2.45, 2.75) is 52.3 Å². The first-order valence-corrected chi connectivity index (χ1v) is 10.5. The number of likely N-dealkylation sites (tertiary alicyclic amines) is 1. The number of rotatable bonds is 7. The minimum atomic E-state index is -0.517. The fourth-order valence-corrected chi connectivity index (χ4v) is 3.42. The summed E-state index contributed by atoms with van der Waals surface area (Å²) in [4.78, 5) is 19.0. The van der Waals surface area contributed by atoms with E-state index in [9.17, 15) is 4.79 Å². The molecule has 1 aromatic carbocycles. The molecule has 2 N–H and O–H groups in total. The van der Waals surface area contributed by atoms with Crippen LogP contribution in [0.3, 0.4) is 0 Å². The number of carbonyl (C=O) groups excluding carboxylic acids is 1. The summed E-state index contributed by atoms with van der Waals surface area (Å²) in [5, 5.41) is 6.28. The predicted octanol–water partition coefficient (Wildman–Crippen LogP) is 2.78. The second kappa shape index (κ2) is 11.0. The van der Waals surface area contributed by atoms with Gasteiger partial charge in [-0.3, -0.25) is 0 Å². The zero-order valence-corrected chi connectivity index (χ0v) is 19.7. The fraction of sp³-hybridized carbons (Fsp3) is 0.636. The number of amides is 1. The molecular weight excluding hydrogens is 400 g/mol. The monoisotopic (exact) mass is 436 g/mol. The van der Waals surface area contributed by atoms with Crippen molar-refractivity contribution in [2.75, 3.05) is 41.0 Å². The Morgan fingerprint density at radius 1 is 1.16 bits per heavy atom. The first-order chi connectivity index (χ1) is 14.7. The smallest absolute Gasteiger partial charge is 0.407 e. The van der Waals surface area contributed by atoms with E-state index in [2.05, 4.69) is 15.5 Å². The normalized spacial score (nSPS) is 16.7. The molecule has 1 unspecified atom stereocenters. The average Bonchev–Trinajstić information content (AvgIpc) is 3.16. The fourth-order valence-electron chi connectivity index (χ4n) is 3.42. The lowest BCUT2D eigenvalue weighted by atomic mass is 10.1. The minimum absolute atomic E-state index is 0.00863. The van der Waals surface area contributed by atoms with Crippen LogP contribution in [-0.2, 0) is 11.3 Å². The zero-order chi connectivity index (χ0) is 23.0. The molecule has 0 radical (unpaired) electrons. The van der Waals surface area contributed by atoms with Crippen molar-refractivity contribution in [3.8, 4) is 17.2 Å². The van der Waals surface area contributed by atoms with Gasteiger partial charge in [0.1, 0.15) is 5.60 Å². The largest absolute Gasteiger partial charge is 0.493 e. The first kappa shape index (κ1) is 24.4. The minimum Gasteiger partial charge on any atom is -0.493 e. The van der Waals surface area contributed by atoms with Crippen LogP contribution in [-0.4, -0.2) is 69.6 Å². The summed E-state index contributed by atoms with van der Waals surface area (Å²) < 4.78 is 21.7. The summed E-state index contributed by atoms with van der Waals surface area (Å²) >= 11 is 0. The topological polar surface area (TPSA) is 93.7 Å². The number of nitrogens with zero attached hydrogens (tertiary/aromatic N) is 2.